The Labute approximate surface area is 314 Å². The average molecular weight is 690 g/mol. The molecule has 254 valence electrons. The van der Waals surface area contributed by atoms with Crippen molar-refractivity contribution in [3.05, 3.63) is 209 Å². The van der Waals surface area contributed by atoms with Crippen molar-refractivity contribution in [2.75, 3.05) is 0 Å². The number of aromatic nitrogens is 3. The maximum absolute atomic E-state index is 5.34. The summed E-state index contributed by atoms with van der Waals surface area (Å²) in [6.07, 6.45) is 0. The highest BCUT2D eigenvalue weighted by molar-refractivity contribution is 6.08. The van der Waals surface area contributed by atoms with Crippen LogP contribution >= 0.6 is 0 Å². The second kappa shape index (κ2) is 11.4. The van der Waals surface area contributed by atoms with Crippen LogP contribution in [-0.4, -0.2) is 15.0 Å². The highest BCUT2D eigenvalue weighted by atomic mass is 15.0. The number of nitrogens with zero attached hydrogens (tertiary/aromatic N) is 3. The van der Waals surface area contributed by atoms with E-state index in [-0.39, 0.29) is 5.41 Å². The molecule has 9 aromatic rings. The molecule has 0 radical (unpaired) electrons. The molecule has 2 aliphatic rings. The molecule has 0 amide bonds. The van der Waals surface area contributed by atoms with Gasteiger partial charge < -0.3 is 0 Å². The SMILES string of the molecule is CC1(C)c2ccccc2C2(c3ccccc3-c3c(-c4nc(-c5ccccc5)nc(-c5ccc6c(ccc7ccccc76)c5)n4)cccc32)c2ccccc21. The first-order chi connectivity index (χ1) is 26.5. The number of rotatable bonds is 3. The van der Waals surface area contributed by atoms with E-state index in [1.807, 2.05) is 18.2 Å². The molecule has 3 nitrogen and oxygen atoms in total. The Kier molecular flexibility index (Phi) is 6.51. The summed E-state index contributed by atoms with van der Waals surface area (Å²) >= 11 is 0. The van der Waals surface area contributed by atoms with Crippen LogP contribution in [0.1, 0.15) is 47.2 Å². The zero-order valence-electron chi connectivity index (χ0n) is 30.1. The minimum atomic E-state index is -0.496. The topological polar surface area (TPSA) is 38.7 Å². The van der Waals surface area contributed by atoms with E-state index in [0.29, 0.717) is 17.5 Å². The molecular weight excluding hydrogens is 655 g/mol. The van der Waals surface area contributed by atoms with Gasteiger partial charge in [-0.25, -0.2) is 15.0 Å². The Morgan fingerprint density at radius 3 is 1.65 bits per heavy atom. The lowest BCUT2D eigenvalue weighted by Crippen LogP contribution is -2.40. The van der Waals surface area contributed by atoms with Crippen LogP contribution in [0.3, 0.4) is 0 Å². The van der Waals surface area contributed by atoms with Crippen molar-refractivity contribution in [1.29, 1.82) is 0 Å². The summed E-state index contributed by atoms with van der Waals surface area (Å²) in [5.74, 6) is 1.98. The molecule has 1 aromatic heterocycles. The molecule has 0 N–H and O–H groups in total. The second-order valence-electron chi connectivity index (χ2n) is 15.1. The number of hydrogen-bond acceptors (Lipinski definition) is 3. The van der Waals surface area contributed by atoms with Crippen LogP contribution in [-0.2, 0) is 10.8 Å². The number of hydrogen-bond donors (Lipinski definition) is 0. The molecule has 11 rings (SSSR count). The Balaban J connectivity index is 1.19. The van der Waals surface area contributed by atoms with Gasteiger partial charge in [-0.1, -0.05) is 184 Å². The van der Waals surface area contributed by atoms with Crippen LogP contribution in [0.25, 0.3) is 66.8 Å². The molecule has 0 saturated heterocycles. The second-order valence-corrected chi connectivity index (χ2v) is 15.1. The molecule has 1 heterocycles. The molecule has 3 heteroatoms. The zero-order valence-corrected chi connectivity index (χ0v) is 30.1. The third-order valence-corrected chi connectivity index (χ3v) is 12.0. The lowest BCUT2D eigenvalue weighted by Gasteiger charge is -2.46. The molecule has 0 fully saturated rings. The van der Waals surface area contributed by atoms with Crippen LogP contribution in [0.15, 0.2) is 176 Å². The molecule has 54 heavy (non-hydrogen) atoms. The van der Waals surface area contributed by atoms with Crippen molar-refractivity contribution >= 4 is 21.5 Å². The molecular formula is C51H35N3. The summed E-state index contributed by atoms with van der Waals surface area (Å²) in [4.78, 5) is 15.8. The van der Waals surface area contributed by atoms with Gasteiger partial charge in [-0.3, -0.25) is 0 Å². The first kappa shape index (κ1) is 30.9. The summed E-state index contributed by atoms with van der Waals surface area (Å²) in [7, 11) is 0. The zero-order chi connectivity index (χ0) is 36.0. The van der Waals surface area contributed by atoms with Crippen molar-refractivity contribution in [3.8, 4) is 45.3 Å². The minimum absolute atomic E-state index is 0.159. The van der Waals surface area contributed by atoms with Gasteiger partial charge in [0.15, 0.2) is 17.5 Å². The Morgan fingerprint density at radius 2 is 0.889 bits per heavy atom. The fourth-order valence-electron chi connectivity index (χ4n) is 9.59. The minimum Gasteiger partial charge on any atom is -0.208 e. The standard InChI is InChI=1S/C51H35N3/c1-50(2)41-22-10-12-24-43(41)51(44-25-13-11-23-42(44)50)40-21-9-8-19-38(40)46-39(20-14-26-45(46)51)49-53-47(33-16-4-3-5-17-33)52-48(54-49)35-29-30-37-34(31-35)28-27-32-15-6-7-18-36(32)37/h3-31H,1-2H3. The van der Waals surface area contributed by atoms with E-state index in [4.69, 9.17) is 15.0 Å². The molecule has 8 aromatic carbocycles. The van der Waals surface area contributed by atoms with Crippen LogP contribution in [0.2, 0.25) is 0 Å². The maximum atomic E-state index is 5.34. The number of benzene rings is 8. The molecule has 1 spiro atoms. The maximum Gasteiger partial charge on any atom is 0.164 e. The van der Waals surface area contributed by atoms with Gasteiger partial charge in [-0.05, 0) is 72.1 Å². The normalized spacial score (nSPS) is 14.4. The van der Waals surface area contributed by atoms with Crippen LogP contribution < -0.4 is 0 Å². The Bertz CT molecular complexity index is 2930. The molecule has 0 saturated carbocycles. The predicted molar refractivity (Wildman–Crippen MR) is 221 cm³/mol. The highest BCUT2D eigenvalue weighted by Gasteiger charge is 2.53. The van der Waals surface area contributed by atoms with E-state index in [9.17, 15) is 0 Å². The largest absolute Gasteiger partial charge is 0.208 e. The lowest BCUT2D eigenvalue weighted by molar-refractivity contribution is 0.563. The molecule has 0 aliphatic heterocycles. The van der Waals surface area contributed by atoms with Crippen molar-refractivity contribution in [2.24, 2.45) is 0 Å². The van der Waals surface area contributed by atoms with Gasteiger partial charge in [0.05, 0.1) is 5.41 Å². The van der Waals surface area contributed by atoms with Gasteiger partial charge in [0.25, 0.3) is 0 Å². The van der Waals surface area contributed by atoms with E-state index in [1.165, 1.54) is 60.7 Å². The van der Waals surface area contributed by atoms with Crippen molar-refractivity contribution in [2.45, 2.75) is 24.7 Å². The third-order valence-electron chi connectivity index (χ3n) is 12.0. The van der Waals surface area contributed by atoms with E-state index < -0.39 is 5.41 Å². The van der Waals surface area contributed by atoms with Crippen molar-refractivity contribution in [1.82, 2.24) is 15.0 Å². The summed E-state index contributed by atoms with van der Waals surface area (Å²) in [6.45, 7) is 4.73. The first-order valence-electron chi connectivity index (χ1n) is 18.7. The van der Waals surface area contributed by atoms with Crippen LogP contribution in [0, 0.1) is 0 Å². The number of fused-ring (bicyclic) bond motifs is 12. The fraction of sp³-hybridized carbons (Fsp3) is 0.0784. The Morgan fingerprint density at radius 1 is 0.352 bits per heavy atom. The quantitative estimate of drug-likeness (QED) is 0.173. The molecule has 0 bridgehead atoms. The van der Waals surface area contributed by atoms with E-state index >= 15 is 0 Å². The summed E-state index contributed by atoms with van der Waals surface area (Å²) < 4.78 is 0. The van der Waals surface area contributed by atoms with E-state index in [0.717, 1.165) is 22.1 Å². The molecule has 0 atom stereocenters. The summed E-state index contributed by atoms with van der Waals surface area (Å²) in [5, 5.41) is 4.84. The highest BCUT2D eigenvalue weighted by Crippen LogP contribution is 2.63. The predicted octanol–water partition coefficient (Wildman–Crippen LogP) is 12.2. The summed E-state index contributed by atoms with van der Waals surface area (Å²) in [6, 6.07) is 63.6. The third kappa shape index (κ3) is 4.21. The average Bonchev–Trinajstić information content (AvgIpc) is 3.54. The van der Waals surface area contributed by atoms with Gasteiger partial charge >= 0.3 is 0 Å². The summed E-state index contributed by atoms with van der Waals surface area (Å²) in [5.41, 5.74) is 12.6. The fourth-order valence-corrected chi connectivity index (χ4v) is 9.59. The van der Waals surface area contributed by atoms with Crippen LogP contribution in [0.4, 0.5) is 0 Å². The van der Waals surface area contributed by atoms with Gasteiger partial charge in [0, 0.05) is 22.1 Å². The lowest BCUT2D eigenvalue weighted by atomic mass is 9.55. The van der Waals surface area contributed by atoms with E-state index in [2.05, 4.69) is 172 Å². The Hall–Kier alpha value is -6.71. The van der Waals surface area contributed by atoms with Gasteiger partial charge in [-0.2, -0.15) is 0 Å². The van der Waals surface area contributed by atoms with Gasteiger partial charge in [0.2, 0.25) is 0 Å². The molecule has 0 unspecified atom stereocenters. The van der Waals surface area contributed by atoms with Gasteiger partial charge in [-0.15, -0.1) is 0 Å². The molecule has 2 aliphatic carbocycles. The smallest absolute Gasteiger partial charge is 0.164 e. The van der Waals surface area contributed by atoms with Crippen molar-refractivity contribution in [3.63, 3.8) is 0 Å². The van der Waals surface area contributed by atoms with Gasteiger partial charge in [0.1, 0.15) is 0 Å². The van der Waals surface area contributed by atoms with E-state index in [1.54, 1.807) is 0 Å². The van der Waals surface area contributed by atoms with Crippen molar-refractivity contribution < 1.29 is 0 Å². The first-order valence-corrected chi connectivity index (χ1v) is 18.7. The van der Waals surface area contributed by atoms with Crippen LogP contribution in [0.5, 0.6) is 0 Å². The monoisotopic (exact) mass is 689 g/mol.